The number of aliphatic carboxylic acids is 1. The number of H-pyrrole nitrogens is 1. The first-order valence-corrected chi connectivity index (χ1v) is 11.3. The van der Waals surface area contributed by atoms with Gasteiger partial charge in [-0.2, -0.15) is 12.6 Å². The summed E-state index contributed by atoms with van der Waals surface area (Å²) in [5, 5.41) is 17.7. The van der Waals surface area contributed by atoms with Crippen LogP contribution in [0.3, 0.4) is 0 Å². The number of aromatic nitrogens is 1. The van der Waals surface area contributed by atoms with Crippen molar-refractivity contribution in [2.45, 2.75) is 44.8 Å². The number of carbonyl (C=O) groups is 4. The van der Waals surface area contributed by atoms with Gasteiger partial charge in [-0.3, -0.25) is 14.4 Å². The highest BCUT2D eigenvalue weighted by Gasteiger charge is 2.26. The van der Waals surface area contributed by atoms with Crippen LogP contribution < -0.4 is 21.7 Å². The van der Waals surface area contributed by atoms with Gasteiger partial charge in [-0.25, -0.2) is 4.79 Å². The van der Waals surface area contributed by atoms with E-state index in [4.69, 9.17) is 5.73 Å². The molecule has 180 valence electrons. The maximum Gasteiger partial charge on any atom is 0.326 e. The third kappa shape index (κ3) is 7.22. The number of rotatable bonds is 12. The summed E-state index contributed by atoms with van der Waals surface area (Å²) in [7, 11) is 0. The number of para-hydroxylation sites is 1. The van der Waals surface area contributed by atoms with Crippen molar-refractivity contribution in [2.75, 3.05) is 12.3 Å². The summed E-state index contributed by atoms with van der Waals surface area (Å²) in [6.07, 6.45) is 2.48. The van der Waals surface area contributed by atoms with E-state index in [1.165, 1.54) is 0 Å². The summed E-state index contributed by atoms with van der Waals surface area (Å²) in [5.41, 5.74) is 7.49. The average molecular weight is 478 g/mol. The molecule has 4 unspecified atom stereocenters. The topological polar surface area (TPSA) is 166 Å². The van der Waals surface area contributed by atoms with Crippen LogP contribution in [-0.4, -0.2) is 64.2 Å². The number of carboxylic acid groups (broad SMARTS) is 1. The number of amides is 3. The molecule has 0 aliphatic rings. The average Bonchev–Trinajstić information content (AvgIpc) is 3.22. The maximum atomic E-state index is 12.4. The Balaban J connectivity index is 1.91. The molecule has 10 nitrogen and oxygen atoms in total. The highest BCUT2D eigenvalue weighted by Crippen LogP contribution is 2.19. The molecule has 2 aromatic rings. The molecule has 7 N–H and O–H groups in total. The molecule has 4 atom stereocenters. The highest BCUT2D eigenvalue weighted by molar-refractivity contribution is 7.80. The van der Waals surface area contributed by atoms with E-state index in [1.54, 1.807) is 6.20 Å². The lowest BCUT2D eigenvalue weighted by Crippen LogP contribution is -2.55. The summed E-state index contributed by atoms with van der Waals surface area (Å²) in [4.78, 5) is 51.6. The summed E-state index contributed by atoms with van der Waals surface area (Å²) in [6, 6.07) is 4.51. The normalized spacial score (nSPS) is 14.7. The largest absolute Gasteiger partial charge is 0.480 e. The summed E-state index contributed by atoms with van der Waals surface area (Å²) < 4.78 is 0. The molecule has 1 heterocycles. The van der Waals surface area contributed by atoms with E-state index in [9.17, 15) is 24.3 Å². The molecule has 0 saturated carbocycles. The third-order valence-electron chi connectivity index (χ3n) is 5.53. The molecular formula is C22H31N5O5S. The van der Waals surface area contributed by atoms with E-state index in [1.807, 2.05) is 38.1 Å². The fraction of sp³-hybridized carbons (Fsp3) is 0.455. The van der Waals surface area contributed by atoms with Gasteiger partial charge in [0.25, 0.3) is 0 Å². The zero-order valence-electron chi connectivity index (χ0n) is 18.6. The maximum absolute atomic E-state index is 12.4. The molecule has 0 spiro atoms. The molecule has 0 aliphatic heterocycles. The van der Waals surface area contributed by atoms with Gasteiger partial charge >= 0.3 is 5.97 Å². The molecule has 33 heavy (non-hydrogen) atoms. The Bertz CT molecular complexity index is 994. The first-order valence-electron chi connectivity index (χ1n) is 10.7. The molecular weight excluding hydrogens is 446 g/mol. The second-order valence-corrected chi connectivity index (χ2v) is 8.26. The van der Waals surface area contributed by atoms with Gasteiger partial charge in [0.05, 0.1) is 12.6 Å². The van der Waals surface area contributed by atoms with Gasteiger partial charge in [0.2, 0.25) is 17.7 Å². The second-order valence-electron chi connectivity index (χ2n) is 7.89. The zero-order valence-corrected chi connectivity index (χ0v) is 19.5. The van der Waals surface area contributed by atoms with E-state index in [-0.39, 0.29) is 18.1 Å². The predicted molar refractivity (Wildman–Crippen MR) is 128 cm³/mol. The van der Waals surface area contributed by atoms with Crippen LogP contribution in [0.25, 0.3) is 10.9 Å². The number of nitrogens with one attached hydrogen (secondary N) is 4. The zero-order chi connectivity index (χ0) is 24.5. The Labute approximate surface area is 197 Å². The van der Waals surface area contributed by atoms with Gasteiger partial charge in [-0.15, -0.1) is 0 Å². The molecule has 11 heteroatoms. The number of hydrogen-bond acceptors (Lipinski definition) is 6. The summed E-state index contributed by atoms with van der Waals surface area (Å²) in [5.74, 6) is -3.02. The van der Waals surface area contributed by atoms with Crippen molar-refractivity contribution >= 4 is 47.2 Å². The van der Waals surface area contributed by atoms with E-state index in [0.717, 1.165) is 16.5 Å². The Morgan fingerprint density at radius 3 is 2.45 bits per heavy atom. The molecule has 2 rings (SSSR count). The third-order valence-corrected chi connectivity index (χ3v) is 5.90. The lowest BCUT2D eigenvalue weighted by atomic mass is 9.99. The van der Waals surface area contributed by atoms with Gasteiger partial charge < -0.3 is 31.8 Å². The quantitative estimate of drug-likeness (QED) is 0.215. The molecule has 1 aromatic heterocycles. The minimum Gasteiger partial charge on any atom is -0.480 e. The SMILES string of the molecule is CCC(C)C(N)C(=O)NC(CS)C(=O)NCC(=O)NC(Cc1c[nH]c2ccccc12)C(=O)O. The van der Waals surface area contributed by atoms with Crippen LogP contribution in [0, 0.1) is 5.92 Å². The van der Waals surface area contributed by atoms with E-state index in [2.05, 4.69) is 33.6 Å². The Morgan fingerprint density at radius 1 is 1.12 bits per heavy atom. The molecule has 0 fully saturated rings. The lowest BCUT2D eigenvalue weighted by molar-refractivity contribution is -0.141. The molecule has 3 amide bonds. The number of benzene rings is 1. The van der Waals surface area contributed by atoms with Gasteiger partial charge in [0, 0.05) is 29.3 Å². The second kappa shape index (κ2) is 12.3. The first-order chi connectivity index (χ1) is 15.7. The first kappa shape index (κ1) is 26.2. The number of aromatic amines is 1. The monoisotopic (exact) mass is 477 g/mol. The number of carboxylic acids is 1. The lowest BCUT2D eigenvalue weighted by Gasteiger charge is -2.22. The van der Waals surface area contributed by atoms with Crippen molar-refractivity contribution < 1.29 is 24.3 Å². The number of thiol groups is 1. The van der Waals surface area contributed by atoms with Crippen LogP contribution >= 0.6 is 12.6 Å². The van der Waals surface area contributed by atoms with Crippen molar-refractivity contribution in [3.63, 3.8) is 0 Å². The Morgan fingerprint density at radius 2 is 1.82 bits per heavy atom. The summed E-state index contributed by atoms with van der Waals surface area (Å²) in [6.45, 7) is 3.29. The predicted octanol–water partition coefficient (Wildman–Crippen LogP) is 0.184. The van der Waals surface area contributed by atoms with Crippen LogP contribution in [0.5, 0.6) is 0 Å². The fourth-order valence-corrected chi connectivity index (χ4v) is 3.49. The minimum absolute atomic E-state index is 0.00470. The molecule has 0 bridgehead atoms. The summed E-state index contributed by atoms with van der Waals surface area (Å²) >= 11 is 4.08. The van der Waals surface area contributed by atoms with Crippen molar-refractivity contribution in [3.05, 3.63) is 36.0 Å². The number of hydrogen-bond donors (Lipinski definition) is 7. The molecule has 1 aromatic carbocycles. The standard InChI is InChI=1S/C22H31N5O5S/c1-3-12(2)19(23)21(30)27-17(11-33)20(29)25-10-18(28)26-16(22(31)32)8-13-9-24-15-7-5-4-6-14(13)15/h4-7,9,12,16-17,19,24,33H,3,8,10-11,23H2,1-2H3,(H,25,29)(H,26,28)(H,27,30)(H,31,32). The van der Waals surface area contributed by atoms with Gasteiger partial charge in [-0.1, -0.05) is 38.5 Å². The van der Waals surface area contributed by atoms with Gasteiger partial charge in [0.1, 0.15) is 12.1 Å². The Hall–Kier alpha value is -3.05. The van der Waals surface area contributed by atoms with E-state index in [0.29, 0.717) is 6.42 Å². The Kier molecular flexibility index (Phi) is 9.74. The van der Waals surface area contributed by atoms with Crippen molar-refractivity contribution in [1.82, 2.24) is 20.9 Å². The van der Waals surface area contributed by atoms with Crippen molar-refractivity contribution in [3.8, 4) is 0 Å². The van der Waals surface area contributed by atoms with Crippen LogP contribution in [0.1, 0.15) is 25.8 Å². The number of carbonyl (C=O) groups excluding carboxylic acids is 3. The van der Waals surface area contributed by atoms with Crippen molar-refractivity contribution in [2.24, 2.45) is 11.7 Å². The number of fused-ring (bicyclic) bond motifs is 1. The van der Waals surface area contributed by atoms with Crippen molar-refractivity contribution in [1.29, 1.82) is 0 Å². The van der Waals surface area contributed by atoms with Crippen LogP contribution in [0.4, 0.5) is 0 Å². The fourth-order valence-electron chi connectivity index (χ4n) is 3.23. The smallest absolute Gasteiger partial charge is 0.326 e. The van der Waals surface area contributed by atoms with Crippen LogP contribution in [-0.2, 0) is 25.6 Å². The van der Waals surface area contributed by atoms with Gasteiger partial charge in [-0.05, 0) is 17.5 Å². The van der Waals surface area contributed by atoms with Crippen LogP contribution in [0.2, 0.25) is 0 Å². The van der Waals surface area contributed by atoms with E-state index >= 15 is 0 Å². The molecule has 0 aliphatic carbocycles. The number of nitrogens with two attached hydrogens (primary N) is 1. The van der Waals surface area contributed by atoms with E-state index < -0.39 is 48.4 Å². The molecule has 0 radical (unpaired) electrons. The highest BCUT2D eigenvalue weighted by atomic mass is 32.1. The van der Waals surface area contributed by atoms with Gasteiger partial charge in [0.15, 0.2) is 0 Å². The van der Waals surface area contributed by atoms with Crippen LogP contribution in [0.15, 0.2) is 30.5 Å². The molecule has 0 saturated heterocycles. The minimum atomic E-state index is -1.19.